The molecule has 5 rings (SSSR count). The highest BCUT2D eigenvalue weighted by Crippen LogP contribution is 2.32. The van der Waals surface area contributed by atoms with Crippen LogP contribution in [0, 0.1) is 12.8 Å². The number of hydrogen-bond donors (Lipinski definition) is 1. The van der Waals surface area contributed by atoms with E-state index in [9.17, 15) is 14.4 Å². The number of rotatable bonds is 7. The highest BCUT2D eigenvalue weighted by Gasteiger charge is 2.43. The zero-order chi connectivity index (χ0) is 27.0. The molecule has 1 N–H and O–H groups in total. The molecule has 7 nitrogen and oxygen atoms in total. The van der Waals surface area contributed by atoms with Crippen LogP contribution in [0.5, 0.6) is 0 Å². The molecule has 0 saturated carbocycles. The molecule has 198 valence electrons. The second-order valence-electron chi connectivity index (χ2n) is 10.3. The molecule has 0 aliphatic carbocycles. The Bertz CT molecular complexity index is 1370. The third-order valence-electron chi connectivity index (χ3n) is 7.39. The van der Waals surface area contributed by atoms with E-state index in [1.54, 1.807) is 39.3 Å². The Hall–Kier alpha value is -3.23. The van der Waals surface area contributed by atoms with E-state index >= 15 is 0 Å². The molecule has 2 atom stereocenters. The van der Waals surface area contributed by atoms with Crippen LogP contribution in [0.3, 0.4) is 0 Å². The van der Waals surface area contributed by atoms with Crippen LogP contribution in [0.1, 0.15) is 53.9 Å². The fourth-order valence-corrected chi connectivity index (χ4v) is 6.45. The smallest absolute Gasteiger partial charge is 0.255 e. The monoisotopic (exact) mass is 550 g/mol. The number of carbonyl (C=O) groups excluding carboxylic acids is 3. The van der Waals surface area contributed by atoms with Crippen LogP contribution >= 0.6 is 22.9 Å². The van der Waals surface area contributed by atoms with Crippen LogP contribution in [-0.2, 0) is 22.7 Å². The Morgan fingerprint density at radius 2 is 1.95 bits per heavy atom. The highest BCUT2D eigenvalue weighted by molar-refractivity contribution is 7.13. The first-order chi connectivity index (χ1) is 18.2. The van der Waals surface area contributed by atoms with E-state index in [0.717, 1.165) is 33.7 Å². The van der Waals surface area contributed by atoms with Crippen LogP contribution in [0.4, 0.5) is 0 Å². The summed E-state index contributed by atoms with van der Waals surface area (Å²) in [6.07, 6.45) is 1.36. The summed E-state index contributed by atoms with van der Waals surface area (Å²) in [6.45, 7) is 7.10. The summed E-state index contributed by atoms with van der Waals surface area (Å²) in [5.41, 5.74) is 6.34. The molecule has 0 bridgehead atoms. The van der Waals surface area contributed by atoms with E-state index in [4.69, 9.17) is 11.6 Å². The number of halogens is 1. The summed E-state index contributed by atoms with van der Waals surface area (Å²) >= 11 is 7.75. The summed E-state index contributed by atoms with van der Waals surface area (Å²) in [6, 6.07) is 12.1. The predicted molar refractivity (Wildman–Crippen MR) is 149 cm³/mol. The molecule has 0 radical (unpaired) electrons. The van der Waals surface area contributed by atoms with Crippen molar-refractivity contribution in [1.29, 1.82) is 0 Å². The number of aryl methyl sites for hydroxylation is 1. The van der Waals surface area contributed by atoms with Gasteiger partial charge in [-0.2, -0.15) is 0 Å². The first-order valence-electron chi connectivity index (χ1n) is 12.9. The van der Waals surface area contributed by atoms with Crippen molar-refractivity contribution >= 4 is 40.7 Å². The van der Waals surface area contributed by atoms with Crippen molar-refractivity contribution in [2.75, 3.05) is 6.54 Å². The Labute approximate surface area is 231 Å². The number of fused-ring (bicyclic) bond motifs is 1. The van der Waals surface area contributed by atoms with Gasteiger partial charge in [0, 0.05) is 30.2 Å². The molecule has 3 amide bonds. The van der Waals surface area contributed by atoms with Crippen molar-refractivity contribution < 1.29 is 14.4 Å². The van der Waals surface area contributed by atoms with Crippen LogP contribution in [0.25, 0.3) is 10.4 Å². The normalized spacial score (nSPS) is 17.7. The van der Waals surface area contributed by atoms with Crippen LogP contribution in [-0.4, -0.2) is 51.1 Å². The van der Waals surface area contributed by atoms with E-state index in [2.05, 4.69) is 10.3 Å². The van der Waals surface area contributed by atoms with Gasteiger partial charge in [-0.15, -0.1) is 11.3 Å². The predicted octanol–water partition coefficient (Wildman–Crippen LogP) is 5.06. The van der Waals surface area contributed by atoms with Gasteiger partial charge in [-0.1, -0.05) is 49.7 Å². The Balaban J connectivity index is 1.25. The third-order valence-corrected chi connectivity index (χ3v) is 8.60. The first kappa shape index (κ1) is 26.4. The number of amides is 3. The van der Waals surface area contributed by atoms with Crippen molar-refractivity contribution in [1.82, 2.24) is 20.1 Å². The minimum atomic E-state index is -0.648. The van der Waals surface area contributed by atoms with Gasteiger partial charge in [0.2, 0.25) is 11.8 Å². The molecule has 2 aliphatic rings. The van der Waals surface area contributed by atoms with Gasteiger partial charge in [0.15, 0.2) is 0 Å². The minimum absolute atomic E-state index is 0.110. The largest absolute Gasteiger partial charge is 0.350 e. The minimum Gasteiger partial charge on any atom is -0.350 e. The summed E-state index contributed by atoms with van der Waals surface area (Å²) in [4.78, 5) is 49.0. The maximum atomic E-state index is 13.8. The van der Waals surface area contributed by atoms with E-state index < -0.39 is 12.1 Å². The van der Waals surface area contributed by atoms with Crippen molar-refractivity contribution in [3.05, 3.63) is 75.4 Å². The Kier molecular flexibility index (Phi) is 7.54. The van der Waals surface area contributed by atoms with Gasteiger partial charge in [-0.05, 0) is 60.6 Å². The number of carbonyl (C=O) groups is 3. The molecule has 9 heteroatoms. The maximum Gasteiger partial charge on any atom is 0.255 e. The fraction of sp³-hybridized carbons (Fsp3) is 0.379. The lowest BCUT2D eigenvalue weighted by atomic mass is 10.0. The Morgan fingerprint density at radius 1 is 1.18 bits per heavy atom. The van der Waals surface area contributed by atoms with Crippen LogP contribution in [0.15, 0.2) is 48.0 Å². The summed E-state index contributed by atoms with van der Waals surface area (Å²) < 4.78 is 0. The van der Waals surface area contributed by atoms with Crippen molar-refractivity contribution in [3.8, 4) is 10.4 Å². The number of hydrogen-bond acceptors (Lipinski definition) is 5. The number of nitrogens with one attached hydrogen (secondary N) is 1. The first-order valence-corrected chi connectivity index (χ1v) is 14.2. The average Bonchev–Trinajstić information content (AvgIpc) is 3.62. The summed E-state index contributed by atoms with van der Waals surface area (Å²) in [5.74, 6) is -0.611. The molecule has 2 aromatic carbocycles. The van der Waals surface area contributed by atoms with Gasteiger partial charge in [0.1, 0.15) is 12.1 Å². The zero-order valence-electron chi connectivity index (χ0n) is 21.7. The zero-order valence-corrected chi connectivity index (χ0v) is 23.3. The van der Waals surface area contributed by atoms with Gasteiger partial charge in [0.05, 0.1) is 16.1 Å². The molecular formula is C29H31ClN4O3S. The lowest BCUT2D eigenvalue weighted by Gasteiger charge is -2.35. The SMILES string of the molecule is Cc1ncsc1-c1ccc(CNC(=O)[C@@H]2CCCN2C(=O)C(C(C)C)N2Cc3cc(Cl)ccc3C2=O)cc1. The Morgan fingerprint density at radius 3 is 2.63 bits per heavy atom. The maximum absolute atomic E-state index is 13.8. The second kappa shape index (κ2) is 10.9. The van der Waals surface area contributed by atoms with Crippen molar-refractivity contribution in [2.24, 2.45) is 5.92 Å². The summed E-state index contributed by atoms with van der Waals surface area (Å²) in [7, 11) is 0. The standard InChI is InChI=1S/C29H31ClN4O3S/c1-17(2)25(34-15-21-13-22(30)10-11-23(21)28(34)36)29(37)33-12-4-5-24(33)27(35)31-14-19-6-8-20(9-7-19)26-18(3)32-16-38-26/h6-11,13,16-17,24-25H,4-5,12,14-15H2,1-3H3,(H,31,35)/t24-,25?/m0/s1. The highest BCUT2D eigenvalue weighted by atomic mass is 35.5. The van der Waals surface area contributed by atoms with Crippen molar-refractivity contribution in [3.63, 3.8) is 0 Å². The van der Waals surface area contributed by atoms with Gasteiger partial charge in [-0.25, -0.2) is 4.98 Å². The van der Waals surface area contributed by atoms with E-state index in [1.807, 2.05) is 50.5 Å². The topological polar surface area (TPSA) is 82.6 Å². The summed E-state index contributed by atoms with van der Waals surface area (Å²) in [5, 5.41) is 3.59. The lowest BCUT2D eigenvalue weighted by molar-refractivity contribution is -0.143. The average molecular weight is 551 g/mol. The molecule has 3 aromatic rings. The quantitative estimate of drug-likeness (QED) is 0.446. The van der Waals surface area contributed by atoms with Gasteiger partial charge in [-0.3, -0.25) is 14.4 Å². The van der Waals surface area contributed by atoms with Crippen LogP contribution in [0.2, 0.25) is 5.02 Å². The number of aromatic nitrogens is 1. The van der Waals surface area contributed by atoms with Gasteiger partial charge in [0.25, 0.3) is 5.91 Å². The van der Waals surface area contributed by atoms with Gasteiger partial charge < -0.3 is 15.1 Å². The third kappa shape index (κ3) is 5.07. The van der Waals surface area contributed by atoms with Crippen LogP contribution < -0.4 is 5.32 Å². The number of likely N-dealkylation sites (tertiary alicyclic amines) is 1. The molecule has 1 aromatic heterocycles. The van der Waals surface area contributed by atoms with E-state index in [0.29, 0.717) is 36.6 Å². The fourth-order valence-electron chi connectivity index (χ4n) is 5.45. The van der Waals surface area contributed by atoms with Crippen molar-refractivity contribution in [2.45, 2.75) is 58.8 Å². The van der Waals surface area contributed by atoms with E-state index in [-0.39, 0.29) is 23.6 Å². The molecule has 0 spiro atoms. The molecule has 3 heterocycles. The molecule has 2 aliphatic heterocycles. The molecule has 38 heavy (non-hydrogen) atoms. The molecule has 1 unspecified atom stereocenters. The number of benzene rings is 2. The van der Waals surface area contributed by atoms with E-state index in [1.165, 1.54) is 0 Å². The number of thiazole rings is 1. The molecule has 1 fully saturated rings. The number of nitrogens with zero attached hydrogens (tertiary/aromatic N) is 3. The molecule has 1 saturated heterocycles. The second-order valence-corrected chi connectivity index (χ2v) is 11.6. The van der Waals surface area contributed by atoms with Gasteiger partial charge >= 0.3 is 0 Å². The lowest BCUT2D eigenvalue weighted by Crippen LogP contribution is -2.55. The molecular weight excluding hydrogens is 520 g/mol.